The van der Waals surface area contributed by atoms with Crippen molar-refractivity contribution in [3.8, 4) is 11.5 Å². The van der Waals surface area contributed by atoms with Crippen molar-refractivity contribution in [3.05, 3.63) is 76.0 Å². The van der Waals surface area contributed by atoms with Gasteiger partial charge in [-0.25, -0.2) is 9.89 Å². The van der Waals surface area contributed by atoms with E-state index < -0.39 is 12.1 Å². The lowest BCUT2D eigenvalue weighted by molar-refractivity contribution is 0.0274. The predicted molar refractivity (Wildman–Crippen MR) is 101 cm³/mol. The molecule has 1 unspecified atom stereocenters. The summed E-state index contributed by atoms with van der Waals surface area (Å²) in [6.45, 7) is 3.61. The van der Waals surface area contributed by atoms with Crippen LogP contribution in [0.3, 0.4) is 0 Å². The highest BCUT2D eigenvalue weighted by Crippen LogP contribution is 2.24. The Kier molecular flexibility index (Phi) is 4.44. The van der Waals surface area contributed by atoms with Gasteiger partial charge in [0.25, 0.3) is 11.4 Å². The van der Waals surface area contributed by atoms with E-state index in [9.17, 15) is 9.59 Å². The second-order valence-corrected chi connectivity index (χ2v) is 6.31. The summed E-state index contributed by atoms with van der Waals surface area (Å²) >= 11 is 0. The fraction of sp³-hybridized carbons (Fsp3) is 0.150. The predicted octanol–water partition coefficient (Wildman–Crippen LogP) is 3.20. The maximum absolute atomic E-state index is 12.6. The van der Waals surface area contributed by atoms with E-state index in [1.165, 1.54) is 0 Å². The molecule has 8 nitrogen and oxygen atoms in total. The van der Waals surface area contributed by atoms with E-state index in [4.69, 9.17) is 9.15 Å². The summed E-state index contributed by atoms with van der Waals surface area (Å²) in [7, 11) is 0. The van der Waals surface area contributed by atoms with Gasteiger partial charge >= 0.3 is 5.97 Å². The molecule has 0 saturated carbocycles. The highest BCUT2D eigenvalue weighted by Gasteiger charge is 2.22. The lowest BCUT2D eigenvalue weighted by Gasteiger charge is -2.10. The van der Waals surface area contributed by atoms with E-state index in [-0.39, 0.29) is 17.1 Å². The molecule has 2 heterocycles. The maximum atomic E-state index is 12.6. The Balaban J connectivity index is 1.57. The SMILES string of the molecule is Cc1ccc(-c2nnc(C(C)OC(=O)c3n[nH]c(=O)c4ccccc34)o2)cc1. The van der Waals surface area contributed by atoms with Crippen LogP contribution in [-0.2, 0) is 4.74 Å². The number of aromatic amines is 1. The normalized spacial score (nSPS) is 12.1. The van der Waals surface area contributed by atoms with Gasteiger partial charge in [0.15, 0.2) is 11.8 Å². The number of esters is 1. The molecule has 0 aliphatic carbocycles. The second-order valence-electron chi connectivity index (χ2n) is 6.31. The quantitative estimate of drug-likeness (QED) is 0.544. The van der Waals surface area contributed by atoms with Crippen LogP contribution in [0.4, 0.5) is 0 Å². The molecule has 0 aliphatic rings. The molecular weight excluding hydrogens is 360 g/mol. The Morgan fingerprint density at radius 3 is 2.54 bits per heavy atom. The van der Waals surface area contributed by atoms with Gasteiger partial charge in [0.05, 0.1) is 5.39 Å². The zero-order valence-electron chi connectivity index (χ0n) is 15.2. The molecule has 0 radical (unpaired) electrons. The Morgan fingerprint density at radius 1 is 1.07 bits per heavy atom. The summed E-state index contributed by atoms with van der Waals surface area (Å²) in [6.07, 6.45) is -0.785. The van der Waals surface area contributed by atoms with Gasteiger partial charge in [0, 0.05) is 10.9 Å². The fourth-order valence-electron chi connectivity index (χ4n) is 2.75. The van der Waals surface area contributed by atoms with E-state index in [0.717, 1.165) is 11.1 Å². The molecule has 28 heavy (non-hydrogen) atoms. The number of aryl methyl sites for hydroxylation is 1. The molecule has 8 heteroatoms. The van der Waals surface area contributed by atoms with Gasteiger partial charge in [-0.2, -0.15) is 5.10 Å². The zero-order chi connectivity index (χ0) is 19.7. The summed E-state index contributed by atoms with van der Waals surface area (Å²) in [5.41, 5.74) is 1.53. The third-order valence-corrected chi connectivity index (χ3v) is 4.26. The second kappa shape index (κ2) is 7.07. The fourth-order valence-corrected chi connectivity index (χ4v) is 2.75. The Hall–Kier alpha value is -3.81. The summed E-state index contributed by atoms with van der Waals surface area (Å²) in [5.74, 6) is -0.196. The minimum atomic E-state index is -0.785. The van der Waals surface area contributed by atoms with Crippen molar-refractivity contribution in [1.29, 1.82) is 0 Å². The first-order valence-electron chi connectivity index (χ1n) is 8.62. The highest BCUT2D eigenvalue weighted by molar-refractivity contribution is 6.02. The molecule has 4 aromatic rings. The summed E-state index contributed by atoms with van der Waals surface area (Å²) in [4.78, 5) is 24.4. The average Bonchev–Trinajstić information content (AvgIpc) is 3.19. The van der Waals surface area contributed by atoms with Crippen molar-refractivity contribution >= 4 is 16.7 Å². The molecule has 0 amide bonds. The first-order chi connectivity index (χ1) is 13.5. The van der Waals surface area contributed by atoms with Crippen LogP contribution >= 0.6 is 0 Å². The molecule has 0 aliphatic heterocycles. The zero-order valence-corrected chi connectivity index (χ0v) is 15.2. The molecule has 1 N–H and O–H groups in total. The number of benzene rings is 2. The number of fused-ring (bicyclic) bond motifs is 1. The number of carbonyl (C=O) groups is 1. The van der Waals surface area contributed by atoms with Gasteiger partial charge in [0.1, 0.15) is 0 Å². The van der Waals surface area contributed by atoms with Crippen LogP contribution in [0, 0.1) is 6.92 Å². The molecule has 0 fully saturated rings. The number of aromatic nitrogens is 4. The van der Waals surface area contributed by atoms with Crippen molar-refractivity contribution in [1.82, 2.24) is 20.4 Å². The highest BCUT2D eigenvalue weighted by atomic mass is 16.6. The van der Waals surface area contributed by atoms with Crippen LogP contribution < -0.4 is 5.56 Å². The number of H-pyrrole nitrogens is 1. The average molecular weight is 376 g/mol. The van der Waals surface area contributed by atoms with Gasteiger partial charge in [0.2, 0.25) is 5.89 Å². The number of nitrogens with one attached hydrogen (secondary N) is 1. The van der Waals surface area contributed by atoms with E-state index in [1.54, 1.807) is 31.2 Å². The third-order valence-electron chi connectivity index (χ3n) is 4.26. The van der Waals surface area contributed by atoms with E-state index >= 15 is 0 Å². The largest absolute Gasteiger partial charge is 0.448 e. The Bertz CT molecular complexity index is 1210. The summed E-state index contributed by atoms with van der Waals surface area (Å²) < 4.78 is 11.1. The molecule has 2 aromatic carbocycles. The molecule has 0 spiro atoms. The molecular formula is C20H16N4O4. The van der Waals surface area contributed by atoms with Gasteiger partial charge in [-0.05, 0) is 32.0 Å². The Morgan fingerprint density at radius 2 is 1.79 bits per heavy atom. The van der Waals surface area contributed by atoms with Crippen molar-refractivity contribution in [2.45, 2.75) is 20.0 Å². The number of nitrogens with zero attached hydrogens (tertiary/aromatic N) is 3. The summed E-state index contributed by atoms with van der Waals surface area (Å²) in [5, 5.41) is 14.9. The van der Waals surface area contributed by atoms with Crippen molar-refractivity contribution < 1.29 is 13.9 Å². The van der Waals surface area contributed by atoms with Crippen LogP contribution in [0.1, 0.15) is 35.0 Å². The van der Waals surface area contributed by atoms with Crippen LogP contribution in [0.2, 0.25) is 0 Å². The lowest BCUT2D eigenvalue weighted by atomic mass is 10.1. The molecule has 1 atom stereocenters. The van der Waals surface area contributed by atoms with Gasteiger partial charge in [-0.15, -0.1) is 10.2 Å². The minimum Gasteiger partial charge on any atom is -0.448 e. The number of hydrogen-bond donors (Lipinski definition) is 1. The topological polar surface area (TPSA) is 111 Å². The Labute approximate surface area is 159 Å². The van der Waals surface area contributed by atoms with E-state index in [0.29, 0.717) is 16.7 Å². The van der Waals surface area contributed by atoms with Gasteiger partial charge in [-0.3, -0.25) is 4.79 Å². The molecule has 4 rings (SSSR count). The lowest BCUT2D eigenvalue weighted by Crippen LogP contribution is -2.17. The number of rotatable bonds is 4. The first kappa shape index (κ1) is 17.6. The standard InChI is InChI=1S/C20H16N4O4/c1-11-7-9-13(10-8-11)19-24-23-18(28-19)12(2)27-20(26)16-14-5-3-4-6-15(14)17(25)22-21-16/h3-10,12H,1-2H3,(H,22,25). The van der Waals surface area contributed by atoms with Crippen LogP contribution in [0.15, 0.2) is 57.7 Å². The van der Waals surface area contributed by atoms with Crippen LogP contribution in [0.25, 0.3) is 22.2 Å². The maximum Gasteiger partial charge on any atom is 0.360 e. The number of hydrogen-bond acceptors (Lipinski definition) is 7. The number of ether oxygens (including phenoxy) is 1. The summed E-state index contributed by atoms with van der Waals surface area (Å²) in [6, 6.07) is 14.3. The number of carbonyl (C=O) groups excluding carboxylic acids is 1. The monoisotopic (exact) mass is 376 g/mol. The van der Waals surface area contributed by atoms with Gasteiger partial charge in [-0.1, -0.05) is 35.9 Å². The minimum absolute atomic E-state index is 0.0142. The third kappa shape index (κ3) is 3.27. The molecule has 0 saturated heterocycles. The van der Waals surface area contributed by atoms with E-state index in [1.807, 2.05) is 31.2 Å². The van der Waals surface area contributed by atoms with Crippen molar-refractivity contribution in [2.24, 2.45) is 0 Å². The molecule has 2 aromatic heterocycles. The molecule has 0 bridgehead atoms. The first-order valence-corrected chi connectivity index (χ1v) is 8.62. The molecule has 140 valence electrons. The van der Waals surface area contributed by atoms with Crippen LogP contribution in [-0.4, -0.2) is 26.4 Å². The van der Waals surface area contributed by atoms with Crippen molar-refractivity contribution in [3.63, 3.8) is 0 Å². The smallest absolute Gasteiger partial charge is 0.360 e. The van der Waals surface area contributed by atoms with Crippen molar-refractivity contribution in [2.75, 3.05) is 0 Å². The van der Waals surface area contributed by atoms with E-state index in [2.05, 4.69) is 20.4 Å². The van der Waals surface area contributed by atoms with Gasteiger partial charge < -0.3 is 9.15 Å². The van der Waals surface area contributed by atoms with Crippen LogP contribution in [0.5, 0.6) is 0 Å².